The molecule has 0 aliphatic heterocycles. The molecule has 0 bridgehead atoms. The summed E-state index contributed by atoms with van der Waals surface area (Å²) in [6.07, 6.45) is 11.3. The van der Waals surface area contributed by atoms with Crippen molar-refractivity contribution in [3.8, 4) is 0 Å². The quantitative estimate of drug-likeness (QED) is 0.197. The standard InChI is InChI=1S/C38H57N3O4/c1-7-8-9-10-11-18-25-41(36(43)33(27-30-19-14-12-15-20-30)40-37(44)45-38(4,5)6)34(31-24-23-28(2)29(3)26-31)35(42)39-32-21-16-13-17-22-32/h12,14-15,19-20,23-24,26,32-34H,7-11,13,16-18,21-22,25,27H2,1-6H3,(H,39,42)(H,40,44). The maximum absolute atomic E-state index is 14.8. The first-order chi connectivity index (χ1) is 21.5. The normalized spacial score (nSPS) is 15.2. The summed E-state index contributed by atoms with van der Waals surface area (Å²) in [4.78, 5) is 43.9. The summed E-state index contributed by atoms with van der Waals surface area (Å²) in [7, 11) is 0. The van der Waals surface area contributed by atoms with E-state index in [0.29, 0.717) is 6.54 Å². The number of aryl methyl sites for hydroxylation is 2. The van der Waals surface area contributed by atoms with Gasteiger partial charge in [-0.1, -0.05) is 107 Å². The second-order valence-corrected chi connectivity index (χ2v) is 13.8. The molecule has 1 aliphatic carbocycles. The average molecular weight is 620 g/mol. The van der Waals surface area contributed by atoms with Crippen LogP contribution in [0.2, 0.25) is 0 Å². The van der Waals surface area contributed by atoms with Crippen LogP contribution in [-0.2, 0) is 20.7 Å². The monoisotopic (exact) mass is 619 g/mol. The van der Waals surface area contributed by atoms with Crippen LogP contribution in [0, 0.1) is 13.8 Å². The summed E-state index contributed by atoms with van der Waals surface area (Å²) in [5.41, 5.74) is 3.20. The van der Waals surface area contributed by atoms with Gasteiger partial charge in [-0.3, -0.25) is 9.59 Å². The maximum atomic E-state index is 14.8. The Hall–Kier alpha value is -3.35. The molecule has 248 valence electrons. The van der Waals surface area contributed by atoms with Gasteiger partial charge in [0, 0.05) is 19.0 Å². The smallest absolute Gasteiger partial charge is 0.408 e. The number of ether oxygens (including phenoxy) is 1. The number of carbonyl (C=O) groups is 3. The summed E-state index contributed by atoms with van der Waals surface area (Å²) < 4.78 is 5.59. The molecule has 2 N–H and O–H groups in total. The highest BCUT2D eigenvalue weighted by Gasteiger charge is 2.37. The molecule has 2 unspecified atom stereocenters. The van der Waals surface area contributed by atoms with Gasteiger partial charge in [-0.15, -0.1) is 0 Å². The maximum Gasteiger partial charge on any atom is 0.408 e. The molecule has 1 saturated carbocycles. The number of nitrogens with one attached hydrogen (secondary N) is 2. The fourth-order valence-corrected chi connectivity index (χ4v) is 6.06. The molecule has 0 radical (unpaired) electrons. The van der Waals surface area contributed by atoms with E-state index < -0.39 is 23.8 Å². The molecule has 1 aliphatic rings. The predicted molar refractivity (Wildman–Crippen MR) is 182 cm³/mol. The Morgan fingerprint density at radius 3 is 2.20 bits per heavy atom. The third-order valence-corrected chi connectivity index (χ3v) is 8.67. The number of nitrogens with zero attached hydrogens (tertiary/aromatic N) is 1. The lowest BCUT2D eigenvalue weighted by Gasteiger charge is -2.36. The number of hydrogen-bond acceptors (Lipinski definition) is 4. The lowest BCUT2D eigenvalue weighted by molar-refractivity contribution is -0.143. The minimum absolute atomic E-state index is 0.103. The van der Waals surface area contributed by atoms with Gasteiger partial charge in [-0.2, -0.15) is 0 Å². The minimum Gasteiger partial charge on any atom is -0.444 e. The molecule has 1 fully saturated rings. The summed E-state index contributed by atoms with van der Waals surface area (Å²) in [6, 6.07) is 14.1. The van der Waals surface area contributed by atoms with Crippen molar-refractivity contribution in [1.29, 1.82) is 0 Å². The van der Waals surface area contributed by atoms with E-state index >= 15 is 0 Å². The lowest BCUT2D eigenvalue weighted by Crippen LogP contribution is -2.54. The molecule has 0 spiro atoms. The van der Waals surface area contributed by atoms with Gasteiger partial charge in [0.2, 0.25) is 11.8 Å². The van der Waals surface area contributed by atoms with E-state index in [2.05, 4.69) is 24.5 Å². The van der Waals surface area contributed by atoms with Crippen LogP contribution in [0.1, 0.15) is 127 Å². The van der Waals surface area contributed by atoms with Crippen molar-refractivity contribution in [2.75, 3.05) is 6.54 Å². The first kappa shape index (κ1) is 36.1. The van der Waals surface area contributed by atoms with Crippen molar-refractivity contribution < 1.29 is 19.1 Å². The van der Waals surface area contributed by atoms with Crippen LogP contribution in [0.15, 0.2) is 48.5 Å². The Morgan fingerprint density at radius 1 is 0.889 bits per heavy atom. The molecular formula is C38H57N3O4. The van der Waals surface area contributed by atoms with Crippen LogP contribution in [0.3, 0.4) is 0 Å². The van der Waals surface area contributed by atoms with Gasteiger partial charge in [-0.25, -0.2) is 4.79 Å². The van der Waals surface area contributed by atoms with Crippen LogP contribution in [0.4, 0.5) is 4.79 Å². The van der Waals surface area contributed by atoms with E-state index in [0.717, 1.165) is 80.0 Å². The zero-order valence-corrected chi connectivity index (χ0v) is 28.6. The van der Waals surface area contributed by atoms with E-state index in [-0.39, 0.29) is 24.3 Å². The van der Waals surface area contributed by atoms with E-state index in [4.69, 9.17) is 4.74 Å². The second-order valence-electron chi connectivity index (χ2n) is 13.8. The summed E-state index contributed by atoms with van der Waals surface area (Å²) in [6.45, 7) is 12.1. The fourth-order valence-electron chi connectivity index (χ4n) is 6.06. The topological polar surface area (TPSA) is 87.7 Å². The van der Waals surface area contributed by atoms with Crippen LogP contribution in [0.25, 0.3) is 0 Å². The Balaban J connectivity index is 2.01. The highest BCUT2D eigenvalue weighted by Crippen LogP contribution is 2.28. The van der Waals surface area contributed by atoms with Gasteiger partial charge in [0.15, 0.2) is 0 Å². The number of carbonyl (C=O) groups excluding carboxylic acids is 3. The van der Waals surface area contributed by atoms with Crippen molar-refractivity contribution >= 4 is 17.9 Å². The first-order valence-electron chi connectivity index (χ1n) is 17.2. The largest absolute Gasteiger partial charge is 0.444 e. The summed E-state index contributed by atoms with van der Waals surface area (Å²) in [5, 5.41) is 6.20. The molecule has 3 amide bonds. The first-order valence-corrected chi connectivity index (χ1v) is 17.2. The number of alkyl carbamates (subject to hydrolysis) is 1. The fraction of sp³-hybridized carbons (Fsp3) is 0.605. The molecule has 0 heterocycles. The predicted octanol–water partition coefficient (Wildman–Crippen LogP) is 8.12. The number of unbranched alkanes of at least 4 members (excludes halogenated alkanes) is 5. The second kappa shape index (κ2) is 18.0. The number of hydrogen-bond donors (Lipinski definition) is 2. The van der Waals surface area contributed by atoms with Crippen molar-refractivity contribution in [2.45, 2.75) is 142 Å². The Labute approximate surface area is 271 Å². The van der Waals surface area contributed by atoms with Crippen LogP contribution in [-0.4, -0.2) is 47.0 Å². The zero-order valence-electron chi connectivity index (χ0n) is 28.6. The molecular weight excluding hydrogens is 562 g/mol. The van der Waals surface area contributed by atoms with Gasteiger partial charge in [-0.05, 0) is 76.1 Å². The van der Waals surface area contributed by atoms with Crippen LogP contribution < -0.4 is 10.6 Å². The SMILES string of the molecule is CCCCCCCCN(C(=O)C(Cc1ccccc1)NC(=O)OC(C)(C)C)C(C(=O)NC1CCCCC1)c1ccc(C)c(C)c1. The zero-order chi connectivity index (χ0) is 32.8. The molecule has 7 nitrogen and oxygen atoms in total. The van der Waals surface area contributed by atoms with Crippen molar-refractivity contribution in [1.82, 2.24) is 15.5 Å². The average Bonchev–Trinajstić information content (AvgIpc) is 2.99. The van der Waals surface area contributed by atoms with Gasteiger partial charge in [0.05, 0.1) is 0 Å². The molecule has 7 heteroatoms. The van der Waals surface area contributed by atoms with Gasteiger partial charge in [0.1, 0.15) is 17.7 Å². The molecule has 3 rings (SSSR count). The van der Waals surface area contributed by atoms with Crippen molar-refractivity contribution in [3.63, 3.8) is 0 Å². The molecule has 2 atom stereocenters. The summed E-state index contributed by atoms with van der Waals surface area (Å²) >= 11 is 0. The van der Waals surface area contributed by atoms with E-state index in [1.54, 1.807) is 25.7 Å². The van der Waals surface area contributed by atoms with Crippen LogP contribution >= 0.6 is 0 Å². The van der Waals surface area contributed by atoms with E-state index in [1.165, 1.54) is 12.8 Å². The number of rotatable bonds is 15. The summed E-state index contributed by atoms with van der Waals surface area (Å²) in [5.74, 6) is -0.430. The Kier molecular flexibility index (Phi) is 14.4. The number of benzene rings is 2. The third-order valence-electron chi connectivity index (χ3n) is 8.67. The highest BCUT2D eigenvalue weighted by molar-refractivity contribution is 5.92. The van der Waals surface area contributed by atoms with Gasteiger partial charge in [0.25, 0.3) is 0 Å². The van der Waals surface area contributed by atoms with Crippen molar-refractivity contribution in [3.05, 3.63) is 70.8 Å². The Bertz CT molecular complexity index is 1220. The number of amides is 3. The van der Waals surface area contributed by atoms with Gasteiger partial charge < -0.3 is 20.3 Å². The van der Waals surface area contributed by atoms with Crippen molar-refractivity contribution in [2.24, 2.45) is 0 Å². The molecule has 2 aromatic rings. The third kappa shape index (κ3) is 12.2. The molecule has 45 heavy (non-hydrogen) atoms. The molecule has 2 aromatic carbocycles. The molecule has 0 aromatic heterocycles. The van der Waals surface area contributed by atoms with E-state index in [1.807, 2.05) is 55.5 Å². The lowest BCUT2D eigenvalue weighted by atomic mass is 9.93. The Morgan fingerprint density at radius 2 is 1.56 bits per heavy atom. The van der Waals surface area contributed by atoms with Crippen LogP contribution in [0.5, 0.6) is 0 Å². The van der Waals surface area contributed by atoms with Gasteiger partial charge >= 0.3 is 6.09 Å². The van der Waals surface area contributed by atoms with E-state index in [9.17, 15) is 14.4 Å². The minimum atomic E-state index is -0.904. The molecule has 0 saturated heterocycles. The highest BCUT2D eigenvalue weighted by atomic mass is 16.6.